The van der Waals surface area contributed by atoms with Gasteiger partial charge in [-0.2, -0.15) is 9.97 Å². The molecule has 0 spiro atoms. The number of piperidine rings is 1. The lowest BCUT2D eigenvalue weighted by atomic mass is 9.65. The van der Waals surface area contributed by atoms with Crippen LogP contribution in [0.4, 0.5) is 14.6 Å². The first-order valence-electron chi connectivity index (χ1n) is 18.8. The number of aromatic hydroxyl groups is 1. The number of hydrogen-bond acceptors (Lipinski definition) is 11. The first-order valence-corrected chi connectivity index (χ1v) is 18.8. The van der Waals surface area contributed by atoms with Crippen molar-refractivity contribution in [3.63, 3.8) is 0 Å². The van der Waals surface area contributed by atoms with Crippen molar-refractivity contribution in [2.24, 2.45) is 10.8 Å². The molecule has 286 valence electrons. The van der Waals surface area contributed by atoms with Gasteiger partial charge in [-0.05, 0) is 81.0 Å². The number of aliphatic hydroxyl groups excluding tert-OH is 1. The van der Waals surface area contributed by atoms with Crippen molar-refractivity contribution < 1.29 is 38.3 Å². The van der Waals surface area contributed by atoms with Crippen LogP contribution in [0.3, 0.4) is 0 Å². The Labute approximate surface area is 313 Å². The van der Waals surface area contributed by atoms with E-state index in [9.17, 15) is 15.3 Å². The Hall–Kier alpha value is -4.35. The van der Waals surface area contributed by atoms with Gasteiger partial charge >= 0.3 is 6.01 Å². The summed E-state index contributed by atoms with van der Waals surface area (Å²) in [6.45, 7) is 6.17. The fourth-order valence-corrected chi connectivity index (χ4v) is 9.69. The molecule has 8 rings (SSSR count). The monoisotopic (exact) mass is 743 g/mol. The predicted molar refractivity (Wildman–Crippen MR) is 200 cm³/mol. The smallest absolute Gasteiger partial charge is 0.319 e. The summed E-state index contributed by atoms with van der Waals surface area (Å²) in [7, 11) is 1.39. The van der Waals surface area contributed by atoms with Crippen LogP contribution in [0.15, 0.2) is 24.3 Å². The molecule has 2 aliphatic carbocycles. The molecule has 0 amide bonds. The fourth-order valence-electron chi connectivity index (χ4n) is 9.69. The highest BCUT2D eigenvalue weighted by atomic mass is 19.1. The molecule has 0 bridgehead atoms. The first kappa shape index (κ1) is 36.6. The minimum absolute atomic E-state index is 0.0179. The van der Waals surface area contributed by atoms with Gasteiger partial charge < -0.3 is 34.4 Å². The number of aromatic nitrogens is 3. The number of pyridine rings is 1. The third-order valence-corrected chi connectivity index (χ3v) is 12.3. The second kappa shape index (κ2) is 13.7. The maximum atomic E-state index is 17.3. The Bertz CT molecular complexity index is 2150. The van der Waals surface area contributed by atoms with Crippen molar-refractivity contribution in [3.8, 4) is 41.2 Å². The third-order valence-electron chi connectivity index (χ3n) is 12.3. The second-order valence-electron chi connectivity index (χ2n) is 16.4. The van der Waals surface area contributed by atoms with Crippen molar-refractivity contribution in [2.45, 2.75) is 76.5 Å². The van der Waals surface area contributed by atoms with Gasteiger partial charge in [-0.25, -0.2) is 13.8 Å². The van der Waals surface area contributed by atoms with Crippen LogP contribution in [0, 0.1) is 34.8 Å². The lowest BCUT2D eigenvalue weighted by Gasteiger charge is -2.56. The maximum Gasteiger partial charge on any atom is 0.319 e. The summed E-state index contributed by atoms with van der Waals surface area (Å²) in [5.41, 5.74) is -1.86. The number of rotatable bonds is 8. The number of aliphatic hydroxyl groups is 2. The Morgan fingerprint density at radius 1 is 1.07 bits per heavy atom. The fraction of sp³-hybridized carbons (Fsp3) is 0.537. The lowest BCUT2D eigenvalue weighted by Crippen LogP contribution is -2.60. The van der Waals surface area contributed by atoms with E-state index in [4.69, 9.17) is 25.6 Å². The highest BCUT2D eigenvalue weighted by Gasteiger charge is 2.53. The Balaban J connectivity index is 1.25. The van der Waals surface area contributed by atoms with Gasteiger partial charge in [0, 0.05) is 41.6 Å². The molecule has 13 heteroatoms. The van der Waals surface area contributed by atoms with E-state index >= 15 is 8.78 Å². The number of likely N-dealkylation sites (tertiary alicyclic amines) is 1. The van der Waals surface area contributed by atoms with E-state index < -0.39 is 17.2 Å². The molecule has 4 heterocycles. The number of anilines is 1. The molecular weight excluding hydrogens is 696 g/mol. The number of hydrogen-bond donors (Lipinski definition) is 3. The maximum absolute atomic E-state index is 17.3. The SMILES string of the molecule is C#Cc1c(F)ccc2cc(O)cc(-c3nc(OC)c4c(N5CCOC[C@@](C)(O)C5)nc(OC[C@]56CCC[C@H]5N(C5CC(C)(CO)C5)CCC6)nc4c3F)c12. The zero-order valence-electron chi connectivity index (χ0n) is 31.0. The zero-order valence-corrected chi connectivity index (χ0v) is 31.0. The molecule has 2 aromatic carbocycles. The van der Waals surface area contributed by atoms with Crippen LogP contribution in [-0.4, -0.2) is 106 Å². The van der Waals surface area contributed by atoms with Crippen LogP contribution < -0.4 is 14.4 Å². The first-order chi connectivity index (χ1) is 25.9. The normalized spacial score (nSPS) is 28.7. The molecule has 4 fully saturated rings. The largest absolute Gasteiger partial charge is 0.508 e. The van der Waals surface area contributed by atoms with Gasteiger partial charge in [-0.3, -0.25) is 4.90 Å². The van der Waals surface area contributed by atoms with E-state index in [0.717, 1.165) is 51.5 Å². The van der Waals surface area contributed by atoms with Crippen molar-refractivity contribution in [3.05, 3.63) is 41.5 Å². The van der Waals surface area contributed by atoms with Crippen molar-refractivity contribution >= 4 is 27.5 Å². The number of terminal acetylenes is 1. The van der Waals surface area contributed by atoms with Crippen molar-refractivity contribution in [1.82, 2.24) is 19.9 Å². The minimum Gasteiger partial charge on any atom is -0.508 e. The quantitative estimate of drug-likeness (QED) is 0.196. The third kappa shape index (κ3) is 6.27. The van der Waals surface area contributed by atoms with Crippen molar-refractivity contribution in [2.75, 3.05) is 58.1 Å². The van der Waals surface area contributed by atoms with Crippen molar-refractivity contribution in [1.29, 1.82) is 0 Å². The summed E-state index contributed by atoms with van der Waals surface area (Å²) in [5, 5.41) is 32.6. The number of phenols is 1. The summed E-state index contributed by atoms with van der Waals surface area (Å²) >= 11 is 0. The van der Waals surface area contributed by atoms with Crippen LogP contribution in [0.5, 0.6) is 17.6 Å². The average molecular weight is 744 g/mol. The highest BCUT2D eigenvalue weighted by Crippen LogP contribution is 2.53. The molecule has 3 atom stereocenters. The molecule has 3 N–H and O–H groups in total. The minimum atomic E-state index is -1.25. The number of phenolic OH excluding ortho intramolecular Hbond substituents is 1. The van der Waals surface area contributed by atoms with Gasteiger partial charge in [0.15, 0.2) is 5.82 Å². The number of halogens is 2. The van der Waals surface area contributed by atoms with Gasteiger partial charge in [0.2, 0.25) is 5.88 Å². The van der Waals surface area contributed by atoms with E-state index in [1.807, 2.05) is 0 Å². The van der Waals surface area contributed by atoms with Crippen LogP contribution in [0.25, 0.3) is 32.9 Å². The number of benzene rings is 2. The summed E-state index contributed by atoms with van der Waals surface area (Å²) in [4.78, 5) is 18.6. The van der Waals surface area contributed by atoms with E-state index in [2.05, 4.69) is 27.7 Å². The van der Waals surface area contributed by atoms with E-state index in [0.29, 0.717) is 30.6 Å². The molecule has 0 unspecified atom stereocenters. The molecular formula is C41H47F2N5O6. The summed E-state index contributed by atoms with van der Waals surface area (Å²) in [6, 6.07) is 6.08. The van der Waals surface area contributed by atoms with E-state index in [1.54, 1.807) is 11.8 Å². The molecule has 2 aliphatic heterocycles. The lowest BCUT2D eigenvalue weighted by molar-refractivity contribution is -0.0884. The Kier molecular flexibility index (Phi) is 9.32. The van der Waals surface area contributed by atoms with Crippen LogP contribution in [0.2, 0.25) is 0 Å². The standard InChI is InChI=1S/C41H47F2N5O6/c1-5-27-29(42)10-9-24-16-26(50)17-28(31(24)27)34-33(43)35-32(37(44-34)52-4)36(47-14-15-53-22-40(3,51)20-47)46-38(45-35)54-23-41-11-6-8-30(41)48(13-7-12-41)25-18-39(2,19-25)21-49/h1,9-10,16-17,25,30,49-51H,6-8,11-15,18-23H2,2-4H3/t25?,30-,39?,40+,41-/m1/s1. The van der Waals surface area contributed by atoms with Gasteiger partial charge in [-0.1, -0.05) is 25.3 Å². The topological polar surface area (TPSA) is 134 Å². The van der Waals surface area contributed by atoms with Crippen LogP contribution >= 0.6 is 0 Å². The van der Waals surface area contributed by atoms with E-state index in [-0.39, 0.29) is 93.8 Å². The highest BCUT2D eigenvalue weighted by molar-refractivity contribution is 6.04. The molecule has 4 aliphatic rings. The van der Waals surface area contributed by atoms with Gasteiger partial charge in [-0.15, -0.1) is 6.42 Å². The number of fused-ring (bicyclic) bond motifs is 3. The van der Waals surface area contributed by atoms with Gasteiger partial charge in [0.05, 0.1) is 39.0 Å². The zero-order chi connectivity index (χ0) is 38.0. The summed E-state index contributed by atoms with van der Waals surface area (Å²) < 4.78 is 50.4. The Morgan fingerprint density at radius 3 is 2.63 bits per heavy atom. The van der Waals surface area contributed by atoms with Gasteiger partial charge in [0.25, 0.3) is 0 Å². The molecule has 11 nitrogen and oxygen atoms in total. The summed E-state index contributed by atoms with van der Waals surface area (Å²) in [6.07, 6.45) is 12.8. The average Bonchev–Trinajstić information content (AvgIpc) is 3.49. The summed E-state index contributed by atoms with van der Waals surface area (Å²) in [5.74, 6) is 0.884. The number of β-amino-alcohol motifs (C(OH)–C–C–N with tert-alkyl or cyclic N) is 1. The second-order valence-corrected chi connectivity index (χ2v) is 16.4. The van der Waals surface area contributed by atoms with Gasteiger partial charge in [0.1, 0.15) is 39.6 Å². The number of methoxy groups -OCH3 is 1. The van der Waals surface area contributed by atoms with Crippen LogP contribution in [0.1, 0.15) is 64.4 Å². The Morgan fingerprint density at radius 2 is 1.87 bits per heavy atom. The number of nitrogens with zero attached hydrogens (tertiary/aromatic N) is 5. The molecule has 2 saturated heterocycles. The predicted octanol–water partition coefficient (Wildman–Crippen LogP) is 5.58. The van der Waals surface area contributed by atoms with E-state index in [1.165, 1.54) is 31.4 Å². The van der Waals surface area contributed by atoms with Crippen LogP contribution in [-0.2, 0) is 4.74 Å². The molecule has 2 saturated carbocycles. The molecule has 2 aromatic heterocycles. The molecule has 54 heavy (non-hydrogen) atoms. The number of ether oxygens (including phenoxy) is 3. The molecule has 0 radical (unpaired) electrons. The molecule has 4 aromatic rings.